The molecule has 6 rings (SSSR count). The minimum absolute atomic E-state index is 0.0313. The SMILES string of the molecule is CCOC(=O)Cn1c(C)cc(C(=O)NCCNCCNC(=O)c2ccc(C(=O)N3CCSC3=S)c(OCc3ccccc3)c2OCc2ccccc2)c(OCc2ccccc2)c1=O. The third kappa shape index (κ3) is 12.6. The quantitative estimate of drug-likeness (QED) is 0.0470. The van der Waals surface area contributed by atoms with E-state index in [0.717, 1.165) is 16.7 Å². The van der Waals surface area contributed by atoms with Crippen molar-refractivity contribution in [3.05, 3.63) is 159 Å². The van der Waals surface area contributed by atoms with E-state index in [9.17, 15) is 24.0 Å². The Morgan fingerprint density at radius 2 is 1.16 bits per heavy atom. The van der Waals surface area contributed by atoms with Gasteiger partial charge in [0.1, 0.15) is 30.7 Å². The molecule has 14 nitrogen and oxygen atoms in total. The molecular formula is C47H49N5O9S2. The van der Waals surface area contributed by atoms with E-state index in [1.165, 1.54) is 27.3 Å². The molecule has 4 aromatic carbocycles. The molecule has 63 heavy (non-hydrogen) atoms. The van der Waals surface area contributed by atoms with Gasteiger partial charge in [0.05, 0.1) is 23.3 Å². The zero-order valence-corrected chi connectivity index (χ0v) is 36.7. The maximum absolute atomic E-state index is 13.9. The van der Waals surface area contributed by atoms with Gasteiger partial charge < -0.3 is 34.9 Å². The second kappa shape index (κ2) is 23.1. The van der Waals surface area contributed by atoms with E-state index in [1.807, 2.05) is 91.0 Å². The fraction of sp³-hybridized carbons (Fsp3) is 0.277. The van der Waals surface area contributed by atoms with Crippen LogP contribution in [0, 0.1) is 6.92 Å². The molecule has 0 atom stereocenters. The molecule has 328 valence electrons. The molecule has 0 spiro atoms. The van der Waals surface area contributed by atoms with Gasteiger partial charge in [0.2, 0.25) is 0 Å². The summed E-state index contributed by atoms with van der Waals surface area (Å²) in [6.07, 6.45) is 0. The van der Waals surface area contributed by atoms with Crippen LogP contribution in [0.25, 0.3) is 0 Å². The first-order valence-electron chi connectivity index (χ1n) is 20.5. The second-order valence-corrected chi connectivity index (χ2v) is 15.9. The molecule has 1 aromatic heterocycles. The Hall–Kier alpha value is -6.49. The summed E-state index contributed by atoms with van der Waals surface area (Å²) in [5.41, 5.74) is 2.71. The van der Waals surface area contributed by atoms with Crippen LogP contribution in [-0.4, -0.2) is 82.6 Å². The van der Waals surface area contributed by atoms with Gasteiger partial charge in [-0.25, -0.2) is 0 Å². The van der Waals surface area contributed by atoms with Gasteiger partial charge in [0.25, 0.3) is 23.3 Å². The van der Waals surface area contributed by atoms with Crippen LogP contribution in [0.5, 0.6) is 17.2 Å². The number of carbonyl (C=O) groups excluding carboxylic acids is 4. The number of amides is 3. The number of ether oxygens (including phenoxy) is 4. The summed E-state index contributed by atoms with van der Waals surface area (Å²) in [7, 11) is 0. The van der Waals surface area contributed by atoms with Gasteiger partial charge in [-0.1, -0.05) is 115 Å². The summed E-state index contributed by atoms with van der Waals surface area (Å²) < 4.78 is 25.4. The maximum Gasteiger partial charge on any atom is 0.326 e. The minimum Gasteiger partial charge on any atom is -0.484 e. The molecule has 2 heterocycles. The Morgan fingerprint density at radius 1 is 0.667 bits per heavy atom. The van der Waals surface area contributed by atoms with Gasteiger partial charge in [-0.05, 0) is 48.7 Å². The second-order valence-electron chi connectivity index (χ2n) is 14.2. The maximum atomic E-state index is 13.9. The number of aryl methyl sites for hydroxylation is 1. The number of rotatable bonds is 21. The van der Waals surface area contributed by atoms with Crippen molar-refractivity contribution >= 4 is 52.0 Å². The highest BCUT2D eigenvalue weighted by atomic mass is 32.2. The van der Waals surface area contributed by atoms with Gasteiger partial charge in [0.15, 0.2) is 17.2 Å². The van der Waals surface area contributed by atoms with E-state index in [-0.39, 0.29) is 85.9 Å². The molecule has 0 aliphatic carbocycles. The average molecular weight is 892 g/mol. The number of pyridine rings is 1. The van der Waals surface area contributed by atoms with E-state index in [1.54, 1.807) is 26.0 Å². The fourth-order valence-corrected chi connectivity index (χ4v) is 7.75. The molecular weight excluding hydrogens is 843 g/mol. The fourth-order valence-electron chi connectivity index (χ4n) is 6.54. The smallest absolute Gasteiger partial charge is 0.326 e. The number of thiocarbonyl (C=S) groups is 1. The van der Waals surface area contributed by atoms with Gasteiger partial charge >= 0.3 is 5.97 Å². The molecule has 1 aliphatic rings. The first-order valence-corrected chi connectivity index (χ1v) is 21.9. The van der Waals surface area contributed by atoms with Crippen LogP contribution >= 0.6 is 24.0 Å². The van der Waals surface area contributed by atoms with Crippen LogP contribution in [0.1, 0.15) is 60.4 Å². The van der Waals surface area contributed by atoms with Crippen molar-refractivity contribution in [2.45, 2.75) is 40.2 Å². The highest BCUT2D eigenvalue weighted by molar-refractivity contribution is 8.23. The minimum atomic E-state index is -0.627. The average Bonchev–Trinajstić information content (AvgIpc) is 3.74. The molecule has 1 saturated heterocycles. The molecule has 0 radical (unpaired) electrons. The molecule has 0 unspecified atom stereocenters. The van der Waals surface area contributed by atoms with Gasteiger partial charge in [-0.15, -0.1) is 0 Å². The topological polar surface area (TPSA) is 167 Å². The zero-order chi connectivity index (χ0) is 44.6. The number of carbonyl (C=O) groups is 4. The molecule has 16 heteroatoms. The van der Waals surface area contributed by atoms with Crippen molar-refractivity contribution < 1.29 is 38.1 Å². The van der Waals surface area contributed by atoms with Crippen molar-refractivity contribution in [2.24, 2.45) is 0 Å². The van der Waals surface area contributed by atoms with E-state index >= 15 is 0 Å². The summed E-state index contributed by atoms with van der Waals surface area (Å²) >= 11 is 6.90. The number of esters is 1. The Bertz CT molecular complexity index is 2450. The molecule has 3 N–H and O–H groups in total. The Kier molecular flexibility index (Phi) is 16.9. The largest absolute Gasteiger partial charge is 0.484 e. The van der Waals surface area contributed by atoms with E-state index in [0.29, 0.717) is 35.4 Å². The number of nitrogens with one attached hydrogen (secondary N) is 3. The van der Waals surface area contributed by atoms with Gasteiger partial charge in [-0.3, -0.25) is 33.4 Å². The first kappa shape index (κ1) is 46.0. The van der Waals surface area contributed by atoms with E-state index in [2.05, 4.69) is 16.0 Å². The Labute approximate surface area is 375 Å². The standard InChI is InChI=1S/C47H49N5O9S2/c1-3-58-39(53)28-52-32(2)27-38(42(46(52)57)61-31-35-17-11-6-12-18-35)44(55)50-24-22-48-21-23-49-43(54)36-19-20-37(45(56)51-25-26-63-47(51)62)41(60-30-34-15-9-5-10-16-34)40(36)59-29-33-13-7-4-8-14-33/h4-20,27,48H,3,21-26,28-31H2,1-2H3,(H,49,54)(H,50,55). The van der Waals surface area contributed by atoms with Crippen LogP contribution in [0.15, 0.2) is 114 Å². The number of hydrogen-bond acceptors (Lipinski definition) is 12. The van der Waals surface area contributed by atoms with Crippen molar-refractivity contribution in [3.63, 3.8) is 0 Å². The molecule has 1 aliphatic heterocycles. The van der Waals surface area contributed by atoms with Crippen molar-refractivity contribution in [2.75, 3.05) is 45.1 Å². The zero-order valence-electron chi connectivity index (χ0n) is 35.1. The summed E-state index contributed by atoms with van der Waals surface area (Å²) in [4.78, 5) is 68.7. The predicted octanol–water partition coefficient (Wildman–Crippen LogP) is 5.68. The number of benzene rings is 4. The summed E-state index contributed by atoms with van der Waals surface area (Å²) in [5, 5.41) is 8.94. The monoisotopic (exact) mass is 891 g/mol. The number of hydrogen-bond donors (Lipinski definition) is 3. The number of aromatic nitrogens is 1. The summed E-state index contributed by atoms with van der Waals surface area (Å²) in [5.74, 6) is -1.13. The number of nitrogens with zero attached hydrogens (tertiary/aromatic N) is 2. The highest BCUT2D eigenvalue weighted by Gasteiger charge is 2.31. The lowest BCUT2D eigenvalue weighted by Gasteiger charge is -2.22. The third-order valence-electron chi connectivity index (χ3n) is 9.75. The molecule has 0 bridgehead atoms. The van der Waals surface area contributed by atoms with E-state index in [4.69, 9.17) is 31.2 Å². The molecule has 0 saturated carbocycles. The van der Waals surface area contributed by atoms with E-state index < -0.39 is 23.3 Å². The van der Waals surface area contributed by atoms with Crippen LogP contribution in [0.4, 0.5) is 0 Å². The third-order valence-corrected chi connectivity index (χ3v) is 11.2. The van der Waals surface area contributed by atoms with Crippen LogP contribution < -0.4 is 35.7 Å². The lowest BCUT2D eigenvalue weighted by Crippen LogP contribution is -2.37. The van der Waals surface area contributed by atoms with Crippen LogP contribution in [-0.2, 0) is 35.9 Å². The van der Waals surface area contributed by atoms with Crippen molar-refractivity contribution in [3.8, 4) is 17.2 Å². The Balaban J connectivity index is 1.11. The lowest BCUT2D eigenvalue weighted by atomic mass is 10.1. The molecule has 3 amide bonds. The summed E-state index contributed by atoms with van der Waals surface area (Å²) in [6, 6.07) is 32.8. The molecule has 1 fully saturated rings. The highest BCUT2D eigenvalue weighted by Crippen LogP contribution is 2.38. The van der Waals surface area contributed by atoms with Gasteiger partial charge in [0, 0.05) is 44.2 Å². The molecule has 5 aromatic rings. The van der Waals surface area contributed by atoms with Gasteiger partial charge in [-0.2, -0.15) is 0 Å². The predicted molar refractivity (Wildman–Crippen MR) is 244 cm³/mol. The Morgan fingerprint density at radius 3 is 1.67 bits per heavy atom. The van der Waals surface area contributed by atoms with Crippen molar-refractivity contribution in [1.82, 2.24) is 25.4 Å². The van der Waals surface area contributed by atoms with Crippen LogP contribution in [0.2, 0.25) is 0 Å². The lowest BCUT2D eigenvalue weighted by molar-refractivity contribution is -0.143. The summed E-state index contributed by atoms with van der Waals surface area (Å²) in [6.45, 7) is 4.91. The normalized spacial score (nSPS) is 12.1. The van der Waals surface area contributed by atoms with Crippen molar-refractivity contribution in [1.29, 1.82) is 0 Å². The number of thioether (sulfide) groups is 1. The van der Waals surface area contributed by atoms with Crippen LogP contribution in [0.3, 0.4) is 0 Å². The first-order chi connectivity index (χ1) is 30.6.